The molecule has 0 saturated heterocycles. The van der Waals surface area contributed by atoms with Gasteiger partial charge in [-0.15, -0.1) is 10.2 Å². The summed E-state index contributed by atoms with van der Waals surface area (Å²) in [6.45, 7) is 3.51. The standard InChI is InChI=1S/C17H20N6O3S/c1-17(2,23-10-18-9-19-23)15(24)20-16-22-21-14(27-16)8-11-5-6-12(25-3)13(7-11)26-4/h5-7,9-10H,8H2,1-4H3,(H,20,22,24). The summed E-state index contributed by atoms with van der Waals surface area (Å²) in [7, 11) is 3.19. The lowest BCUT2D eigenvalue weighted by Gasteiger charge is -2.22. The molecule has 2 heterocycles. The quantitative estimate of drug-likeness (QED) is 0.661. The Morgan fingerprint density at radius 1 is 1.22 bits per heavy atom. The fourth-order valence-corrected chi connectivity index (χ4v) is 3.16. The molecule has 9 nitrogen and oxygen atoms in total. The predicted octanol–water partition coefficient (Wildman–Crippen LogP) is 2.11. The molecule has 0 spiro atoms. The summed E-state index contributed by atoms with van der Waals surface area (Å²) < 4.78 is 12.1. The normalized spacial score (nSPS) is 11.3. The molecule has 0 aliphatic rings. The third kappa shape index (κ3) is 4.05. The van der Waals surface area contributed by atoms with E-state index in [0.717, 1.165) is 10.6 Å². The lowest BCUT2D eigenvalue weighted by molar-refractivity contribution is -0.123. The lowest BCUT2D eigenvalue weighted by Crippen LogP contribution is -2.40. The van der Waals surface area contributed by atoms with Crippen molar-refractivity contribution in [2.75, 3.05) is 19.5 Å². The number of hydrogen-bond acceptors (Lipinski definition) is 8. The Morgan fingerprint density at radius 2 is 2.00 bits per heavy atom. The topological polar surface area (TPSA) is 104 Å². The first kappa shape index (κ1) is 18.8. The van der Waals surface area contributed by atoms with Crippen LogP contribution in [-0.4, -0.2) is 45.1 Å². The molecular formula is C17H20N6O3S. The maximum absolute atomic E-state index is 12.6. The smallest absolute Gasteiger partial charge is 0.253 e. The molecule has 2 aromatic heterocycles. The largest absolute Gasteiger partial charge is 0.493 e. The van der Waals surface area contributed by atoms with Crippen molar-refractivity contribution in [3.05, 3.63) is 41.4 Å². The number of rotatable bonds is 7. The molecule has 10 heteroatoms. The van der Waals surface area contributed by atoms with E-state index >= 15 is 0 Å². The van der Waals surface area contributed by atoms with Crippen molar-refractivity contribution in [1.29, 1.82) is 0 Å². The van der Waals surface area contributed by atoms with Crippen molar-refractivity contribution < 1.29 is 14.3 Å². The third-order valence-electron chi connectivity index (χ3n) is 4.04. The molecule has 0 fully saturated rings. The van der Waals surface area contributed by atoms with Crippen LogP contribution < -0.4 is 14.8 Å². The van der Waals surface area contributed by atoms with Crippen LogP contribution in [0, 0.1) is 0 Å². The van der Waals surface area contributed by atoms with Crippen LogP contribution >= 0.6 is 11.3 Å². The SMILES string of the molecule is COc1ccc(Cc2nnc(NC(=O)C(C)(C)n3cncn3)s2)cc1OC. The van der Waals surface area contributed by atoms with Gasteiger partial charge in [-0.2, -0.15) is 5.10 Å². The molecule has 0 bridgehead atoms. The molecule has 3 aromatic rings. The van der Waals surface area contributed by atoms with Crippen LogP contribution in [0.2, 0.25) is 0 Å². The van der Waals surface area contributed by atoms with Gasteiger partial charge < -0.3 is 9.47 Å². The average Bonchev–Trinajstić information content (AvgIpc) is 3.34. The zero-order valence-corrected chi connectivity index (χ0v) is 16.3. The number of aromatic nitrogens is 5. The molecule has 0 atom stereocenters. The van der Waals surface area contributed by atoms with Gasteiger partial charge in [0.1, 0.15) is 23.2 Å². The average molecular weight is 388 g/mol. The van der Waals surface area contributed by atoms with E-state index in [9.17, 15) is 4.79 Å². The Bertz CT molecular complexity index is 923. The molecular weight excluding hydrogens is 368 g/mol. The first-order valence-electron chi connectivity index (χ1n) is 8.14. The third-order valence-corrected chi connectivity index (χ3v) is 4.88. The minimum Gasteiger partial charge on any atom is -0.493 e. The second kappa shape index (κ2) is 7.70. The van der Waals surface area contributed by atoms with E-state index in [1.807, 2.05) is 18.2 Å². The number of methoxy groups -OCH3 is 2. The maximum Gasteiger partial charge on any atom is 0.253 e. The summed E-state index contributed by atoms with van der Waals surface area (Å²) in [4.78, 5) is 16.4. The van der Waals surface area contributed by atoms with E-state index in [-0.39, 0.29) is 5.91 Å². The Hall–Kier alpha value is -3.01. The van der Waals surface area contributed by atoms with Crippen LogP contribution in [-0.2, 0) is 16.8 Å². The molecule has 3 rings (SSSR count). The number of carbonyl (C=O) groups is 1. The second-order valence-electron chi connectivity index (χ2n) is 6.22. The summed E-state index contributed by atoms with van der Waals surface area (Å²) in [5, 5.41) is 16.2. The summed E-state index contributed by atoms with van der Waals surface area (Å²) >= 11 is 1.32. The number of carbonyl (C=O) groups excluding carboxylic acids is 1. The highest BCUT2D eigenvalue weighted by Crippen LogP contribution is 2.29. The highest BCUT2D eigenvalue weighted by atomic mass is 32.1. The van der Waals surface area contributed by atoms with Crippen LogP contribution in [0.4, 0.5) is 5.13 Å². The maximum atomic E-state index is 12.6. The van der Waals surface area contributed by atoms with Crippen molar-refractivity contribution in [2.45, 2.75) is 25.8 Å². The minimum absolute atomic E-state index is 0.248. The Labute approximate surface area is 160 Å². The molecule has 0 saturated carbocycles. The van der Waals surface area contributed by atoms with Gasteiger partial charge in [0.2, 0.25) is 5.13 Å². The van der Waals surface area contributed by atoms with E-state index in [4.69, 9.17) is 9.47 Å². The van der Waals surface area contributed by atoms with Gasteiger partial charge >= 0.3 is 0 Å². The van der Waals surface area contributed by atoms with Crippen LogP contribution in [0.15, 0.2) is 30.9 Å². The summed E-state index contributed by atoms with van der Waals surface area (Å²) in [6.07, 6.45) is 3.46. The molecule has 0 radical (unpaired) electrons. The van der Waals surface area contributed by atoms with Gasteiger partial charge in [-0.1, -0.05) is 17.4 Å². The van der Waals surface area contributed by atoms with E-state index in [1.165, 1.54) is 28.7 Å². The van der Waals surface area contributed by atoms with Gasteiger partial charge in [0.05, 0.1) is 14.2 Å². The molecule has 1 aromatic carbocycles. The van der Waals surface area contributed by atoms with Crippen LogP contribution in [0.1, 0.15) is 24.4 Å². The van der Waals surface area contributed by atoms with Crippen LogP contribution in [0.3, 0.4) is 0 Å². The van der Waals surface area contributed by atoms with E-state index < -0.39 is 5.54 Å². The first-order chi connectivity index (χ1) is 12.9. The van der Waals surface area contributed by atoms with Gasteiger partial charge in [0.15, 0.2) is 11.5 Å². The Morgan fingerprint density at radius 3 is 2.67 bits per heavy atom. The van der Waals surface area contributed by atoms with Crippen molar-refractivity contribution in [2.24, 2.45) is 0 Å². The molecule has 1 N–H and O–H groups in total. The van der Waals surface area contributed by atoms with Crippen molar-refractivity contribution >= 4 is 22.4 Å². The lowest BCUT2D eigenvalue weighted by atomic mass is 10.1. The van der Waals surface area contributed by atoms with Gasteiger partial charge in [0, 0.05) is 6.42 Å². The highest BCUT2D eigenvalue weighted by Gasteiger charge is 2.31. The predicted molar refractivity (Wildman–Crippen MR) is 100 cm³/mol. The molecule has 1 amide bonds. The number of benzene rings is 1. The Balaban J connectivity index is 1.69. The molecule has 142 valence electrons. The number of amides is 1. The fraction of sp³-hybridized carbons (Fsp3) is 0.353. The molecule has 0 aliphatic carbocycles. The monoisotopic (exact) mass is 388 g/mol. The molecule has 0 unspecified atom stereocenters. The Kier molecular flexibility index (Phi) is 5.36. The zero-order valence-electron chi connectivity index (χ0n) is 15.5. The second-order valence-corrected chi connectivity index (χ2v) is 7.28. The fourth-order valence-electron chi connectivity index (χ4n) is 2.39. The minimum atomic E-state index is -0.897. The van der Waals surface area contributed by atoms with E-state index in [2.05, 4.69) is 25.6 Å². The summed E-state index contributed by atoms with van der Waals surface area (Å²) in [5.41, 5.74) is 0.107. The van der Waals surface area contributed by atoms with Crippen LogP contribution in [0.25, 0.3) is 0 Å². The van der Waals surface area contributed by atoms with Gasteiger partial charge in [0.25, 0.3) is 5.91 Å². The van der Waals surface area contributed by atoms with Crippen molar-refractivity contribution in [1.82, 2.24) is 25.0 Å². The van der Waals surface area contributed by atoms with E-state index in [0.29, 0.717) is 23.1 Å². The van der Waals surface area contributed by atoms with Crippen LogP contribution in [0.5, 0.6) is 11.5 Å². The van der Waals surface area contributed by atoms with E-state index in [1.54, 1.807) is 28.1 Å². The number of anilines is 1. The first-order valence-corrected chi connectivity index (χ1v) is 8.95. The number of nitrogens with zero attached hydrogens (tertiary/aromatic N) is 5. The summed E-state index contributed by atoms with van der Waals surface area (Å²) in [6, 6.07) is 5.68. The summed E-state index contributed by atoms with van der Waals surface area (Å²) in [5.74, 6) is 1.08. The van der Waals surface area contributed by atoms with Crippen molar-refractivity contribution in [3.63, 3.8) is 0 Å². The zero-order chi connectivity index (χ0) is 19.4. The van der Waals surface area contributed by atoms with Gasteiger partial charge in [-0.05, 0) is 31.5 Å². The van der Waals surface area contributed by atoms with Gasteiger partial charge in [-0.25, -0.2) is 9.67 Å². The molecule has 27 heavy (non-hydrogen) atoms. The molecule has 0 aliphatic heterocycles. The number of ether oxygens (including phenoxy) is 2. The number of nitrogens with one attached hydrogen (secondary N) is 1. The highest BCUT2D eigenvalue weighted by molar-refractivity contribution is 7.15. The number of hydrogen-bond donors (Lipinski definition) is 1. The van der Waals surface area contributed by atoms with Gasteiger partial charge in [-0.3, -0.25) is 10.1 Å². The van der Waals surface area contributed by atoms with Crippen molar-refractivity contribution in [3.8, 4) is 11.5 Å².